The molecule has 1 aliphatic heterocycles. The number of benzene rings is 1. The summed E-state index contributed by atoms with van der Waals surface area (Å²) < 4.78 is 1.52. The number of hydrogen-bond donors (Lipinski definition) is 2. The Morgan fingerprint density at radius 1 is 1.32 bits per heavy atom. The first kappa shape index (κ1) is 20.0. The lowest BCUT2D eigenvalue weighted by molar-refractivity contribution is -0.123. The van der Waals surface area contributed by atoms with Gasteiger partial charge in [0, 0.05) is 39.6 Å². The van der Waals surface area contributed by atoms with E-state index in [1.807, 2.05) is 52.2 Å². The number of hydrogen-bond acceptors (Lipinski definition) is 5. The highest BCUT2D eigenvalue weighted by Crippen LogP contribution is 2.27. The van der Waals surface area contributed by atoms with E-state index in [-0.39, 0.29) is 5.91 Å². The molecule has 0 radical (unpaired) electrons. The van der Waals surface area contributed by atoms with Crippen LogP contribution < -0.4 is 15.5 Å². The summed E-state index contributed by atoms with van der Waals surface area (Å²) >= 11 is 1.96. The van der Waals surface area contributed by atoms with E-state index in [4.69, 9.17) is 11.3 Å². The van der Waals surface area contributed by atoms with Crippen molar-refractivity contribution in [3.05, 3.63) is 29.8 Å². The van der Waals surface area contributed by atoms with E-state index in [2.05, 4.69) is 16.6 Å². The first-order chi connectivity index (χ1) is 12.1. The third-order valence-corrected chi connectivity index (χ3v) is 5.11. The standard InChI is InChI=1S/C18H25IN4O2/c1-3-18(23(19)15(2)24)16-6-4-7-17(14-16)25-22-12-5-8-20-9-10-21-11-13-22/h1,4,6-7,14,18,20-21H,5,8-13H2,2H3. The van der Waals surface area contributed by atoms with Crippen molar-refractivity contribution in [2.24, 2.45) is 0 Å². The summed E-state index contributed by atoms with van der Waals surface area (Å²) in [6, 6.07) is 7.23. The smallest absolute Gasteiger partial charge is 0.229 e. The largest absolute Gasteiger partial charge is 0.406 e. The van der Waals surface area contributed by atoms with Crippen LogP contribution in [-0.4, -0.2) is 53.4 Å². The van der Waals surface area contributed by atoms with Crippen molar-refractivity contribution >= 4 is 28.8 Å². The van der Waals surface area contributed by atoms with E-state index in [0.717, 1.165) is 57.0 Å². The average molecular weight is 456 g/mol. The van der Waals surface area contributed by atoms with Gasteiger partial charge in [-0.15, -0.1) is 11.5 Å². The van der Waals surface area contributed by atoms with E-state index in [0.29, 0.717) is 0 Å². The zero-order valence-corrected chi connectivity index (χ0v) is 16.7. The maximum absolute atomic E-state index is 11.6. The summed E-state index contributed by atoms with van der Waals surface area (Å²) in [5.74, 6) is 3.33. The van der Waals surface area contributed by atoms with E-state index >= 15 is 0 Å². The molecule has 25 heavy (non-hydrogen) atoms. The maximum atomic E-state index is 11.6. The molecule has 0 aromatic heterocycles. The van der Waals surface area contributed by atoms with Crippen LogP contribution in [0.25, 0.3) is 0 Å². The lowest BCUT2D eigenvalue weighted by atomic mass is 10.1. The van der Waals surface area contributed by atoms with E-state index in [1.54, 1.807) is 0 Å². The van der Waals surface area contributed by atoms with Crippen LogP contribution in [0.3, 0.4) is 0 Å². The quantitative estimate of drug-likeness (QED) is 0.411. The molecular formula is C18H25IN4O2. The molecule has 1 unspecified atom stereocenters. The first-order valence-corrected chi connectivity index (χ1v) is 9.44. The number of halogens is 1. The molecule has 0 aliphatic carbocycles. The highest BCUT2D eigenvalue weighted by Gasteiger charge is 2.19. The molecule has 1 aromatic carbocycles. The van der Waals surface area contributed by atoms with Crippen molar-refractivity contribution in [2.75, 3.05) is 39.3 Å². The lowest BCUT2D eigenvalue weighted by Crippen LogP contribution is -2.40. The van der Waals surface area contributed by atoms with Crippen LogP contribution in [0, 0.1) is 12.3 Å². The Balaban J connectivity index is 2.06. The predicted molar refractivity (Wildman–Crippen MR) is 107 cm³/mol. The molecule has 1 heterocycles. The van der Waals surface area contributed by atoms with Crippen molar-refractivity contribution in [1.29, 1.82) is 0 Å². The summed E-state index contributed by atoms with van der Waals surface area (Å²) in [5, 5.41) is 8.74. The van der Waals surface area contributed by atoms with E-state index in [1.165, 1.54) is 10.0 Å². The van der Waals surface area contributed by atoms with Gasteiger partial charge >= 0.3 is 0 Å². The third-order valence-electron chi connectivity index (χ3n) is 3.87. The molecule has 1 aliphatic rings. The molecule has 136 valence electrons. The summed E-state index contributed by atoms with van der Waals surface area (Å²) in [6.45, 7) is 6.98. The van der Waals surface area contributed by atoms with Crippen molar-refractivity contribution in [3.63, 3.8) is 0 Å². The van der Waals surface area contributed by atoms with Gasteiger partial charge in [-0.2, -0.15) is 0 Å². The topological polar surface area (TPSA) is 56.8 Å². The van der Waals surface area contributed by atoms with E-state index < -0.39 is 6.04 Å². The summed E-state index contributed by atoms with van der Waals surface area (Å²) in [5.41, 5.74) is 0.866. The molecule has 1 amide bonds. The maximum Gasteiger partial charge on any atom is 0.229 e. The molecule has 0 spiro atoms. The first-order valence-electron chi connectivity index (χ1n) is 8.48. The molecule has 1 atom stereocenters. The molecular weight excluding hydrogens is 431 g/mol. The third kappa shape index (κ3) is 6.47. The minimum Gasteiger partial charge on any atom is -0.406 e. The number of rotatable bonds is 4. The SMILES string of the molecule is C#CC(c1cccc(ON2CCCNCCNCC2)c1)N(I)C(C)=O. The molecule has 2 N–H and O–H groups in total. The van der Waals surface area contributed by atoms with Gasteiger partial charge in [0.15, 0.2) is 0 Å². The van der Waals surface area contributed by atoms with Gasteiger partial charge in [-0.1, -0.05) is 18.1 Å². The van der Waals surface area contributed by atoms with Gasteiger partial charge in [-0.3, -0.25) is 7.91 Å². The van der Waals surface area contributed by atoms with Crippen molar-refractivity contribution in [3.8, 4) is 18.1 Å². The van der Waals surface area contributed by atoms with Gasteiger partial charge in [0.2, 0.25) is 5.91 Å². The second-order valence-electron chi connectivity index (χ2n) is 5.85. The Morgan fingerprint density at radius 3 is 2.80 bits per heavy atom. The number of hydroxylamine groups is 2. The van der Waals surface area contributed by atoms with Gasteiger partial charge in [0.25, 0.3) is 0 Å². The summed E-state index contributed by atoms with van der Waals surface area (Å²) in [6.07, 6.45) is 6.66. The van der Waals surface area contributed by atoms with Gasteiger partial charge in [-0.25, -0.2) is 0 Å². The Kier molecular flexibility index (Phi) is 8.48. The molecule has 0 saturated carbocycles. The Hall–Kier alpha value is -1.34. The Morgan fingerprint density at radius 2 is 2.08 bits per heavy atom. The summed E-state index contributed by atoms with van der Waals surface area (Å²) in [4.78, 5) is 17.7. The lowest BCUT2D eigenvalue weighted by Gasteiger charge is -2.25. The van der Waals surface area contributed by atoms with Crippen LogP contribution >= 0.6 is 22.9 Å². The average Bonchev–Trinajstić information content (AvgIpc) is 2.61. The molecule has 1 saturated heterocycles. The van der Waals surface area contributed by atoms with Gasteiger partial charge in [0.05, 0.1) is 22.9 Å². The number of nitrogens with one attached hydrogen (secondary N) is 2. The fourth-order valence-electron chi connectivity index (χ4n) is 2.58. The Labute approximate surface area is 163 Å². The van der Waals surface area contributed by atoms with Crippen LogP contribution in [-0.2, 0) is 4.79 Å². The normalized spacial score (nSPS) is 18.0. The highest BCUT2D eigenvalue weighted by molar-refractivity contribution is 14.1. The zero-order valence-electron chi connectivity index (χ0n) is 14.5. The predicted octanol–water partition coefficient (Wildman–Crippen LogP) is 1.74. The second kappa shape index (κ2) is 10.6. The molecule has 1 aromatic rings. The molecule has 1 fully saturated rings. The van der Waals surface area contributed by atoms with Gasteiger partial charge in [0.1, 0.15) is 11.8 Å². The fourth-order valence-corrected chi connectivity index (χ4v) is 3.06. The second-order valence-corrected chi connectivity index (χ2v) is 6.89. The van der Waals surface area contributed by atoms with Crippen molar-refractivity contribution in [1.82, 2.24) is 18.8 Å². The van der Waals surface area contributed by atoms with Crippen LogP contribution in [0.2, 0.25) is 0 Å². The minimum atomic E-state index is -0.411. The van der Waals surface area contributed by atoms with Crippen molar-refractivity contribution < 1.29 is 9.63 Å². The van der Waals surface area contributed by atoms with Gasteiger partial charge in [-0.05, 0) is 30.7 Å². The van der Waals surface area contributed by atoms with Gasteiger partial charge < -0.3 is 15.5 Å². The zero-order chi connectivity index (χ0) is 18.1. The molecule has 7 heteroatoms. The minimum absolute atomic E-state index is 0.0791. The van der Waals surface area contributed by atoms with Crippen LogP contribution in [0.15, 0.2) is 24.3 Å². The monoisotopic (exact) mass is 456 g/mol. The molecule has 2 rings (SSSR count). The number of amides is 1. The number of carbonyl (C=O) groups excluding carboxylic acids is 1. The van der Waals surface area contributed by atoms with Crippen LogP contribution in [0.4, 0.5) is 0 Å². The number of carbonyl (C=O) groups is 1. The fraction of sp³-hybridized carbons (Fsp3) is 0.500. The van der Waals surface area contributed by atoms with E-state index in [9.17, 15) is 4.79 Å². The Bertz CT molecular complexity index is 595. The number of terminal acetylenes is 1. The molecule has 0 bridgehead atoms. The van der Waals surface area contributed by atoms with Crippen LogP contribution in [0.1, 0.15) is 24.9 Å². The van der Waals surface area contributed by atoms with Crippen molar-refractivity contribution in [2.45, 2.75) is 19.4 Å². The molecule has 6 nitrogen and oxygen atoms in total. The summed E-state index contributed by atoms with van der Waals surface area (Å²) in [7, 11) is 0. The van der Waals surface area contributed by atoms with Crippen LogP contribution in [0.5, 0.6) is 5.75 Å². The highest BCUT2D eigenvalue weighted by atomic mass is 127. The number of nitrogens with zero attached hydrogens (tertiary/aromatic N) is 2.